The predicted octanol–water partition coefficient (Wildman–Crippen LogP) is 1.67. The van der Waals surface area contributed by atoms with Crippen LogP contribution >= 0.6 is 11.3 Å². The number of nitro groups is 1. The summed E-state index contributed by atoms with van der Waals surface area (Å²) in [6.45, 7) is 2.08. The fourth-order valence-corrected chi connectivity index (χ4v) is 3.20. The molecule has 1 saturated heterocycles. The van der Waals surface area contributed by atoms with Crippen molar-refractivity contribution < 1.29 is 4.92 Å². The van der Waals surface area contributed by atoms with Gasteiger partial charge in [-0.3, -0.25) is 10.1 Å². The third kappa shape index (κ3) is 1.54. The van der Waals surface area contributed by atoms with E-state index in [1.807, 2.05) is 0 Å². The van der Waals surface area contributed by atoms with Gasteiger partial charge in [-0.05, 0) is 41.7 Å². The molecule has 6 heteroatoms. The Morgan fingerprint density at radius 1 is 1.56 bits per heavy atom. The summed E-state index contributed by atoms with van der Waals surface area (Å²) in [4.78, 5) is 14.3. The summed E-state index contributed by atoms with van der Waals surface area (Å²) in [5.41, 5.74) is 1.19. The van der Waals surface area contributed by atoms with Gasteiger partial charge in [0.15, 0.2) is 0 Å². The van der Waals surface area contributed by atoms with E-state index in [0.29, 0.717) is 11.8 Å². The van der Waals surface area contributed by atoms with Gasteiger partial charge in [0, 0.05) is 6.54 Å². The lowest BCUT2D eigenvalue weighted by atomic mass is 10.00. The zero-order valence-corrected chi connectivity index (χ0v) is 9.37. The van der Waals surface area contributed by atoms with Crippen LogP contribution in [0.4, 0.5) is 5.00 Å². The predicted molar refractivity (Wildman–Crippen MR) is 61.2 cm³/mol. The number of rotatable bonds is 2. The summed E-state index contributed by atoms with van der Waals surface area (Å²) in [5.74, 6) is 1.26. The molecular weight excluding hydrogens is 226 g/mol. The van der Waals surface area contributed by atoms with Crippen molar-refractivity contribution in [1.82, 2.24) is 10.3 Å². The molecule has 1 aromatic heterocycles. The second-order valence-corrected chi connectivity index (χ2v) is 5.25. The van der Waals surface area contributed by atoms with E-state index in [1.54, 1.807) is 0 Å². The van der Waals surface area contributed by atoms with Gasteiger partial charge in [-0.25, -0.2) is 4.98 Å². The second-order valence-electron chi connectivity index (χ2n) is 4.24. The maximum Gasteiger partial charge on any atom is 0.344 e. The van der Waals surface area contributed by atoms with Crippen molar-refractivity contribution in [2.24, 2.45) is 11.8 Å². The highest BCUT2D eigenvalue weighted by atomic mass is 32.1. The van der Waals surface area contributed by atoms with Gasteiger partial charge in [0.25, 0.3) is 0 Å². The van der Waals surface area contributed by atoms with Gasteiger partial charge in [0.05, 0.1) is 4.92 Å². The Kier molecular flexibility index (Phi) is 2.26. The molecule has 1 fully saturated rings. The number of nitrogens with zero attached hydrogens (tertiary/aromatic N) is 2. The molecule has 5 nitrogen and oxygen atoms in total. The number of hydrogen-bond acceptors (Lipinski definition) is 5. The summed E-state index contributed by atoms with van der Waals surface area (Å²) in [6, 6.07) is 0. The van der Waals surface area contributed by atoms with Gasteiger partial charge in [0.1, 0.15) is 11.2 Å². The van der Waals surface area contributed by atoms with E-state index >= 15 is 0 Å². The Morgan fingerprint density at radius 2 is 2.44 bits per heavy atom. The number of fused-ring (bicyclic) bond motifs is 1. The Bertz CT molecular complexity index is 468. The van der Waals surface area contributed by atoms with Crippen molar-refractivity contribution in [2.45, 2.75) is 6.42 Å². The molecule has 2 atom stereocenters. The largest absolute Gasteiger partial charge is 0.344 e. The van der Waals surface area contributed by atoms with Crippen molar-refractivity contribution in [2.75, 3.05) is 13.1 Å². The first-order chi connectivity index (χ1) is 7.74. The molecule has 0 radical (unpaired) electrons. The SMILES string of the molecule is O=[N+]([O-])c1cnc(C2=CC3CNCC3C2)s1. The molecule has 0 bridgehead atoms. The monoisotopic (exact) mass is 237 g/mol. The van der Waals surface area contributed by atoms with Crippen molar-refractivity contribution in [3.8, 4) is 0 Å². The third-order valence-corrected chi connectivity index (χ3v) is 4.26. The van der Waals surface area contributed by atoms with Crippen LogP contribution in [0.2, 0.25) is 0 Å². The van der Waals surface area contributed by atoms with Crippen molar-refractivity contribution in [3.63, 3.8) is 0 Å². The first-order valence-corrected chi connectivity index (χ1v) is 6.07. The molecule has 2 unspecified atom stereocenters. The van der Waals surface area contributed by atoms with Crippen LogP contribution in [0.25, 0.3) is 5.57 Å². The number of thiazole rings is 1. The standard InChI is InChI=1S/C10H11N3O2S/c14-13(15)9-5-12-10(16-9)6-1-7-3-11-4-8(7)2-6/h1,5,7-8,11H,2-4H2. The number of nitrogens with one attached hydrogen (secondary N) is 1. The zero-order valence-electron chi connectivity index (χ0n) is 8.55. The van der Waals surface area contributed by atoms with Gasteiger partial charge in [-0.15, -0.1) is 0 Å². The van der Waals surface area contributed by atoms with Crippen molar-refractivity contribution >= 4 is 21.9 Å². The highest BCUT2D eigenvalue weighted by molar-refractivity contribution is 7.15. The average Bonchev–Trinajstić information content (AvgIpc) is 2.91. The molecule has 1 aliphatic heterocycles. The zero-order chi connectivity index (χ0) is 11.1. The molecule has 0 saturated carbocycles. The van der Waals surface area contributed by atoms with E-state index < -0.39 is 0 Å². The molecule has 0 amide bonds. The number of hydrogen-bond donors (Lipinski definition) is 1. The van der Waals surface area contributed by atoms with E-state index in [0.717, 1.165) is 24.5 Å². The van der Waals surface area contributed by atoms with Crippen molar-refractivity contribution in [3.05, 3.63) is 27.4 Å². The number of allylic oxidation sites excluding steroid dienone is 1. The van der Waals surface area contributed by atoms with Gasteiger partial charge in [-0.1, -0.05) is 6.08 Å². The molecule has 84 valence electrons. The van der Waals surface area contributed by atoms with Crippen LogP contribution in [0.15, 0.2) is 12.3 Å². The number of aromatic nitrogens is 1. The van der Waals surface area contributed by atoms with Crippen LogP contribution in [-0.2, 0) is 0 Å². The minimum absolute atomic E-state index is 0.131. The van der Waals surface area contributed by atoms with Gasteiger partial charge >= 0.3 is 5.00 Å². The van der Waals surface area contributed by atoms with Crippen molar-refractivity contribution in [1.29, 1.82) is 0 Å². The first kappa shape index (κ1) is 9.92. The molecule has 1 N–H and O–H groups in total. The summed E-state index contributed by atoms with van der Waals surface area (Å²) in [6.07, 6.45) is 4.59. The van der Waals surface area contributed by atoms with Crippen LogP contribution in [0, 0.1) is 22.0 Å². The Hall–Kier alpha value is -1.27. The Balaban J connectivity index is 1.85. The summed E-state index contributed by atoms with van der Waals surface area (Å²) >= 11 is 1.18. The first-order valence-electron chi connectivity index (χ1n) is 5.26. The van der Waals surface area contributed by atoms with Gasteiger partial charge in [-0.2, -0.15) is 0 Å². The van der Waals surface area contributed by atoms with Crippen LogP contribution in [-0.4, -0.2) is 23.0 Å². The molecule has 0 spiro atoms. The molecule has 2 aliphatic rings. The van der Waals surface area contributed by atoms with Crippen LogP contribution in [0.5, 0.6) is 0 Å². The molecule has 2 heterocycles. The average molecular weight is 237 g/mol. The highest BCUT2D eigenvalue weighted by Gasteiger charge is 2.33. The summed E-state index contributed by atoms with van der Waals surface area (Å²) in [5, 5.41) is 14.9. The summed E-state index contributed by atoms with van der Waals surface area (Å²) in [7, 11) is 0. The van der Waals surface area contributed by atoms with E-state index in [9.17, 15) is 10.1 Å². The third-order valence-electron chi connectivity index (χ3n) is 3.24. The van der Waals surface area contributed by atoms with E-state index in [4.69, 9.17) is 0 Å². The van der Waals surface area contributed by atoms with Crippen LogP contribution < -0.4 is 5.32 Å². The van der Waals surface area contributed by atoms with Crippen LogP contribution in [0.3, 0.4) is 0 Å². The lowest BCUT2D eigenvalue weighted by Crippen LogP contribution is -2.09. The lowest BCUT2D eigenvalue weighted by Gasteiger charge is -2.04. The summed E-state index contributed by atoms with van der Waals surface area (Å²) < 4.78 is 0. The molecule has 3 rings (SSSR count). The molecule has 1 aliphatic carbocycles. The molecule has 0 aromatic carbocycles. The normalized spacial score (nSPS) is 27.9. The minimum atomic E-state index is -0.376. The fourth-order valence-electron chi connectivity index (χ4n) is 2.44. The maximum atomic E-state index is 10.6. The van der Waals surface area contributed by atoms with Gasteiger partial charge < -0.3 is 5.32 Å². The lowest BCUT2D eigenvalue weighted by molar-refractivity contribution is -0.380. The maximum absolute atomic E-state index is 10.6. The molecule has 16 heavy (non-hydrogen) atoms. The molecular formula is C10H11N3O2S. The van der Waals surface area contributed by atoms with E-state index in [2.05, 4.69) is 16.4 Å². The highest BCUT2D eigenvalue weighted by Crippen LogP contribution is 2.40. The minimum Gasteiger partial charge on any atom is -0.316 e. The second kappa shape index (κ2) is 3.64. The van der Waals surface area contributed by atoms with E-state index in [-0.39, 0.29) is 9.92 Å². The van der Waals surface area contributed by atoms with Gasteiger partial charge in [0.2, 0.25) is 0 Å². The Morgan fingerprint density at radius 3 is 3.12 bits per heavy atom. The van der Waals surface area contributed by atoms with E-state index in [1.165, 1.54) is 23.1 Å². The smallest absolute Gasteiger partial charge is 0.316 e. The fraction of sp³-hybridized carbons (Fsp3) is 0.500. The topological polar surface area (TPSA) is 68.1 Å². The quantitative estimate of drug-likeness (QED) is 0.627. The molecule has 1 aromatic rings. The van der Waals surface area contributed by atoms with Crippen LogP contribution in [0.1, 0.15) is 11.4 Å². The Labute approximate surface area is 96.3 Å².